The molecule has 1 aromatic carbocycles. The number of amides is 1. The molecule has 0 aliphatic carbocycles. The maximum absolute atomic E-state index is 11.5. The predicted molar refractivity (Wildman–Crippen MR) is 94.0 cm³/mol. The number of hydrogen-bond acceptors (Lipinski definition) is 3. The summed E-state index contributed by atoms with van der Waals surface area (Å²) < 4.78 is 11.8. The second-order valence-electron chi connectivity index (χ2n) is 6.26. The number of rotatable bonds is 4. The molecule has 0 fully saturated rings. The van der Waals surface area contributed by atoms with Crippen molar-refractivity contribution in [3.05, 3.63) is 59.5 Å². The normalized spacial score (nSPS) is 20.8. The maximum atomic E-state index is 11.5. The average Bonchev–Trinajstić information content (AvgIpc) is 2.55. The molecule has 0 saturated carbocycles. The molecular formula is C20H23NO3. The molecule has 1 unspecified atom stereocenters. The van der Waals surface area contributed by atoms with E-state index in [2.05, 4.69) is 18.8 Å². The van der Waals surface area contributed by atoms with Crippen molar-refractivity contribution in [2.75, 3.05) is 6.61 Å². The summed E-state index contributed by atoms with van der Waals surface area (Å²) >= 11 is 0. The Morgan fingerprint density at radius 1 is 1.42 bits per heavy atom. The smallest absolute Gasteiger partial charge is 0.224 e. The minimum absolute atomic E-state index is 0.0500. The van der Waals surface area contributed by atoms with Gasteiger partial charge in [-0.1, -0.05) is 19.6 Å². The van der Waals surface area contributed by atoms with Gasteiger partial charge in [0.25, 0.3) is 0 Å². The van der Waals surface area contributed by atoms with Crippen LogP contribution in [0.1, 0.15) is 44.6 Å². The van der Waals surface area contributed by atoms with Gasteiger partial charge >= 0.3 is 0 Å². The summed E-state index contributed by atoms with van der Waals surface area (Å²) in [6.45, 7) is 8.64. The van der Waals surface area contributed by atoms with Crippen molar-refractivity contribution >= 4 is 5.91 Å². The Morgan fingerprint density at radius 2 is 2.25 bits per heavy atom. The molecule has 4 heteroatoms. The van der Waals surface area contributed by atoms with E-state index < -0.39 is 0 Å². The summed E-state index contributed by atoms with van der Waals surface area (Å²) in [5.41, 5.74) is 3.03. The van der Waals surface area contributed by atoms with Crippen LogP contribution in [0.3, 0.4) is 0 Å². The second kappa shape index (κ2) is 6.95. The molecule has 126 valence electrons. The Hall–Kier alpha value is -2.49. The molecule has 2 aliphatic heterocycles. The lowest BCUT2D eigenvalue weighted by Gasteiger charge is -2.24. The number of nitrogens with one attached hydrogen (secondary N) is 1. The molecular weight excluding hydrogens is 302 g/mol. The van der Waals surface area contributed by atoms with Crippen molar-refractivity contribution in [3.63, 3.8) is 0 Å². The maximum Gasteiger partial charge on any atom is 0.224 e. The third-order valence-electron chi connectivity index (χ3n) is 4.50. The fourth-order valence-corrected chi connectivity index (χ4v) is 3.12. The van der Waals surface area contributed by atoms with E-state index in [1.165, 1.54) is 5.56 Å². The van der Waals surface area contributed by atoms with Crippen molar-refractivity contribution in [3.8, 4) is 11.5 Å². The standard InChI is InChI=1S/C20H23NO3/c1-4-5-19(16-7-9-20(22)21-14(16)3)24-15-6-8-18-17(12-15)13(2)10-11-23-18/h4-6,8,12-13H,1,7,9-11H2,2-3H3,(H,21,22)/b19-5+. The van der Waals surface area contributed by atoms with E-state index >= 15 is 0 Å². The van der Waals surface area contributed by atoms with Crippen molar-refractivity contribution in [1.82, 2.24) is 5.32 Å². The van der Waals surface area contributed by atoms with E-state index in [1.807, 2.05) is 31.2 Å². The zero-order valence-electron chi connectivity index (χ0n) is 14.2. The van der Waals surface area contributed by atoms with Crippen molar-refractivity contribution in [1.29, 1.82) is 0 Å². The fraction of sp³-hybridized carbons (Fsp3) is 0.350. The van der Waals surface area contributed by atoms with Gasteiger partial charge in [0.1, 0.15) is 17.3 Å². The Kier molecular flexibility index (Phi) is 4.74. The molecule has 0 aromatic heterocycles. The lowest BCUT2D eigenvalue weighted by Crippen LogP contribution is -2.27. The molecule has 1 atom stereocenters. The molecule has 24 heavy (non-hydrogen) atoms. The van der Waals surface area contributed by atoms with Gasteiger partial charge < -0.3 is 14.8 Å². The van der Waals surface area contributed by atoms with Gasteiger partial charge in [0.05, 0.1) is 6.61 Å². The number of ether oxygens (including phenoxy) is 2. The lowest BCUT2D eigenvalue weighted by molar-refractivity contribution is -0.120. The molecule has 2 heterocycles. The van der Waals surface area contributed by atoms with Gasteiger partial charge in [0.15, 0.2) is 0 Å². The summed E-state index contributed by atoms with van der Waals surface area (Å²) in [4.78, 5) is 11.5. The Balaban J connectivity index is 1.88. The largest absolute Gasteiger partial charge is 0.493 e. The summed E-state index contributed by atoms with van der Waals surface area (Å²) in [5.74, 6) is 2.95. The Morgan fingerprint density at radius 3 is 3.00 bits per heavy atom. The van der Waals surface area contributed by atoms with E-state index in [1.54, 1.807) is 6.08 Å². The van der Waals surface area contributed by atoms with E-state index in [0.29, 0.717) is 18.8 Å². The van der Waals surface area contributed by atoms with Gasteiger partial charge in [-0.05, 0) is 50.0 Å². The highest BCUT2D eigenvalue weighted by Crippen LogP contribution is 2.37. The molecule has 0 spiro atoms. The molecule has 0 bridgehead atoms. The highest BCUT2D eigenvalue weighted by Gasteiger charge is 2.21. The summed E-state index contributed by atoms with van der Waals surface area (Å²) in [6.07, 6.45) is 5.70. The molecule has 0 radical (unpaired) electrons. The SMILES string of the molecule is C=C/C=C(/Oc1ccc2c(c1)C(C)CCO2)C1=C(C)NC(=O)CC1. The van der Waals surface area contributed by atoms with Gasteiger partial charge in [0, 0.05) is 23.3 Å². The van der Waals surface area contributed by atoms with Crippen molar-refractivity contribution in [2.45, 2.75) is 39.0 Å². The summed E-state index contributed by atoms with van der Waals surface area (Å²) in [5, 5.41) is 2.88. The topological polar surface area (TPSA) is 47.6 Å². The molecule has 2 aliphatic rings. The first-order valence-electron chi connectivity index (χ1n) is 8.35. The minimum atomic E-state index is 0.0500. The number of carbonyl (C=O) groups is 1. The van der Waals surface area contributed by atoms with Crippen LogP contribution in [0.5, 0.6) is 11.5 Å². The summed E-state index contributed by atoms with van der Waals surface area (Å²) in [7, 11) is 0. The highest BCUT2D eigenvalue weighted by atomic mass is 16.5. The van der Waals surface area contributed by atoms with Gasteiger partial charge in [-0.3, -0.25) is 4.79 Å². The van der Waals surface area contributed by atoms with Crippen molar-refractivity contribution < 1.29 is 14.3 Å². The van der Waals surface area contributed by atoms with Gasteiger partial charge in [-0.25, -0.2) is 0 Å². The van der Waals surface area contributed by atoms with Crippen LogP contribution >= 0.6 is 0 Å². The second-order valence-corrected chi connectivity index (χ2v) is 6.26. The van der Waals surface area contributed by atoms with Gasteiger partial charge in [-0.15, -0.1) is 0 Å². The molecule has 3 rings (SSSR count). The van der Waals surface area contributed by atoms with Crippen LogP contribution in [0, 0.1) is 0 Å². The number of allylic oxidation sites excluding steroid dienone is 4. The van der Waals surface area contributed by atoms with Crippen LogP contribution in [-0.2, 0) is 4.79 Å². The van der Waals surface area contributed by atoms with Crippen LogP contribution in [0.25, 0.3) is 0 Å². The van der Waals surface area contributed by atoms with Crippen LogP contribution in [0.2, 0.25) is 0 Å². The first-order chi connectivity index (χ1) is 11.6. The number of benzene rings is 1. The van der Waals surface area contributed by atoms with E-state index in [9.17, 15) is 4.79 Å². The zero-order valence-corrected chi connectivity index (χ0v) is 14.2. The zero-order chi connectivity index (χ0) is 17.1. The first-order valence-corrected chi connectivity index (χ1v) is 8.35. The van der Waals surface area contributed by atoms with E-state index in [4.69, 9.17) is 9.47 Å². The third kappa shape index (κ3) is 3.37. The van der Waals surface area contributed by atoms with Crippen molar-refractivity contribution in [2.24, 2.45) is 0 Å². The minimum Gasteiger partial charge on any atom is -0.493 e. The highest BCUT2D eigenvalue weighted by molar-refractivity contribution is 5.80. The van der Waals surface area contributed by atoms with Crippen LogP contribution in [-0.4, -0.2) is 12.5 Å². The Bertz CT molecular complexity index is 730. The predicted octanol–water partition coefficient (Wildman–Crippen LogP) is 4.21. The Labute approximate surface area is 142 Å². The number of carbonyl (C=O) groups excluding carboxylic acids is 1. The van der Waals surface area contributed by atoms with E-state index in [0.717, 1.165) is 41.6 Å². The quantitative estimate of drug-likeness (QED) is 0.666. The van der Waals surface area contributed by atoms with Crippen LogP contribution in [0.15, 0.2) is 54.0 Å². The first kappa shape index (κ1) is 16.4. The summed E-state index contributed by atoms with van der Waals surface area (Å²) in [6, 6.07) is 5.94. The molecule has 1 amide bonds. The molecule has 4 nitrogen and oxygen atoms in total. The molecule has 1 N–H and O–H groups in total. The molecule has 1 aromatic rings. The van der Waals surface area contributed by atoms with Gasteiger partial charge in [-0.2, -0.15) is 0 Å². The molecule has 0 saturated heterocycles. The average molecular weight is 325 g/mol. The number of fused-ring (bicyclic) bond motifs is 1. The lowest BCUT2D eigenvalue weighted by atomic mass is 9.95. The number of hydrogen-bond donors (Lipinski definition) is 1. The fourth-order valence-electron chi connectivity index (χ4n) is 3.12. The van der Waals surface area contributed by atoms with E-state index in [-0.39, 0.29) is 5.91 Å². The van der Waals surface area contributed by atoms with Gasteiger partial charge in [0.2, 0.25) is 5.91 Å². The van der Waals surface area contributed by atoms with Crippen LogP contribution in [0.4, 0.5) is 0 Å². The third-order valence-corrected chi connectivity index (χ3v) is 4.50. The van der Waals surface area contributed by atoms with Crippen LogP contribution < -0.4 is 14.8 Å². The monoisotopic (exact) mass is 325 g/mol.